The van der Waals surface area contributed by atoms with Crippen molar-refractivity contribution in [3.63, 3.8) is 0 Å². The van der Waals surface area contributed by atoms with Crippen LogP contribution in [0.2, 0.25) is 19.6 Å². The molecule has 0 saturated heterocycles. The van der Waals surface area contributed by atoms with Crippen molar-refractivity contribution >= 4 is 67.9 Å². The van der Waals surface area contributed by atoms with E-state index in [0.29, 0.717) is 11.6 Å². The maximum atomic E-state index is 6.63. The summed E-state index contributed by atoms with van der Waals surface area (Å²) < 4.78 is 8.96. The van der Waals surface area contributed by atoms with E-state index >= 15 is 0 Å². The maximum absolute atomic E-state index is 6.63. The van der Waals surface area contributed by atoms with Crippen LogP contribution < -0.4 is 5.19 Å². The summed E-state index contributed by atoms with van der Waals surface area (Å²) >= 11 is 0. The van der Waals surface area contributed by atoms with Gasteiger partial charge in [-0.05, 0) is 75.1 Å². The van der Waals surface area contributed by atoms with E-state index in [4.69, 9.17) is 14.4 Å². The second-order valence-electron chi connectivity index (χ2n) is 18.7. The Morgan fingerprint density at radius 3 is 2.02 bits per heavy atom. The Labute approximate surface area is 402 Å². The second kappa shape index (κ2) is 18.4. The maximum Gasteiger partial charge on any atom is 0.216 e. The van der Waals surface area contributed by atoms with Crippen LogP contribution in [0, 0.1) is 18.1 Å². The van der Waals surface area contributed by atoms with Crippen LogP contribution in [0.25, 0.3) is 94.2 Å². The Hall–Kier alpha value is -6.50. The molecule has 0 N–H and O–H groups in total. The number of nitrogens with zero attached hydrogens (tertiary/aromatic N) is 4. The molecule has 11 aromatic rings. The van der Waals surface area contributed by atoms with E-state index in [1.54, 1.807) is 0 Å². The molecule has 0 aliphatic heterocycles. The molecule has 4 heterocycles. The fraction of sp³-hybridized carbons (Fsp3) is 0.169. The zero-order chi connectivity index (χ0) is 44.8. The molecule has 11 rings (SSSR count). The first-order chi connectivity index (χ1) is 31.5. The van der Waals surface area contributed by atoms with Crippen LogP contribution in [0.4, 0.5) is 0 Å². The van der Waals surface area contributed by atoms with Crippen molar-refractivity contribution in [3.05, 3.63) is 187 Å². The third-order valence-corrected chi connectivity index (χ3v) is 14.4. The number of hydrogen-bond donors (Lipinski definition) is 0. The van der Waals surface area contributed by atoms with Crippen molar-refractivity contribution in [1.29, 1.82) is 0 Å². The van der Waals surface area contributed by atoms with Gasteiger partial charge in [-0.15, -0.1) is 54.1 Å². The molecule has 5 nitrogen and oxygen atoms in total. The smallest absolute Gasteiger partial charge is 0.216 e. The number of para-hydroxylation sites is 2. The molecule has 0 aliphatic carbocycles. The molecule has 0 unspecified atom stereocenters. The summed E-state index contributed by atoms with van der Waals surface area (Å²) in [4.78, 5) is 14.9. The van der Waals surface area contributed by atoms with Gasteiger partial charge >= 0.3 is 0 Å². The van der Waals surface area contributed by atoms with E-state index in [1.165, 1.54) is 37.9 Å². The Morgan fingerprint density at radius 1 is 0.621 bits per heavy atom. The summed E-state index contributed by atoms with van der Waals surface area (Å²) in [7, 11) is -1.34. The minimum absolute atomic E-state index is 0. The molecule has 7 heteroatoms. The van der Waals surface area contributed by atoms with Crippen LogP contribution >= 0.6 is 0 Å². The van der Waals surface area contributed by atoms with Gasteiger partial charge in [0.25, 0.3) is 0 Å². The number of rotatable bonds is 8. The van der Waals surface area contributed by atoms with E-state index < -0.39 is 8.07 Å². The van der Waals surface area contributed by atoms with Gasteiger partial charge in [0.2, 0.25) is 5.71 Å². The number of furan rings is 1. The van der Waals surface area contributed by atoms with E-state index in [2.05, 4.69) is 184 Å². The zero-order valence-electron chi connectivity index (χ0n) is 38.5. The molecule has 4 aromatic heterocycles. The van der Waals surface area contributed by atoms with Crippen LogP contribution in [0.1, 0.15) is 44.7 Å². The third-order valence-electron chi connectivity index (χ3n) is 12.3. The average molecular weight is 1050 g/mol. The van der Waals surface area contributed by atoms with Crippen molar-refractivity contribution in [1.82, 2.24) is 19.5 Å². The monoisotopic (exact) mass is 1050 g/mol. The molecule has 0 saturated carbocycles. The Balaban J connectivity index is 0.000000221. The normalized spacial score (nSPS) is 11.8. The molecular weight excluding hydrogens is 1000 g/mol. The van der Waals surface area contributed by atoms with Crippen molar-refractivity contribution in [3.8, 4) is 39.6 Å². The number of aromatic nitrogens is 4. The van der Waals surface area contributed by atoms with Crippen molar-refractivity contribution in [2.24, 2.45) is 5.92 Å². The van der Waals surface area contributed by atoms with Gasteiger partial charge in [-0.3, -0.25) is 4.98 Å². The van der Waals surface area contributed by atoms with Gasteiger partial charge in [-0.25, -0.2) is 4.98 Å². The first-order valence-corrected chi connectivity index (χ1v) is 26.2. The number of hydrogen-bond acceptors (Lipinski definition) is 4. The van der Waals surface area contributed by atoms with Gasteiger partial charge in [-0.1, -0.05) is 161 Å². The van der Waals surface area contributed by atoms with E-state index in [0.717, 1.165) is 73.4 Å². The number of benzene rings is 7. The van der Waals surface area contributed by atoms with Gasteiger partial charge in [0.1, 0.15) is 0 Å². The van der Waals surface area contributed by atoms with Crippen LogP contribution in [0.5, 0.6) is 0 Å². The zero-order valence-corrected chi connectivity index (χ0v) is 41.9. The summed E-state index contributed by atoms with van der Waals surface area (Å²) in [6, 6.07) is 61.4. The topological polar surface area (TPSA) is 56.7 Å². The molecule has 0 aliphatic rings. The van der Waals surface area contributed by atoms with Crippen molar-refractivity contribution in [2.45, 2.75) is 59.7 Å². The molecule has 0 bridgehead atoms. The minimum atomic E-state index is -1.34. The minimum Gasteiger partial charge on any atom is -0.486 e. The van der Waals surface area contributed by atoms with Gasteiger partial charge in [-0.2, -0.15) is 0 Å². The predicted molar refractivity (Wildman–Crippen MR) is 275 cm³/mol. The first-order valence-electron chi connectivity index (χ1n) is 22.7. The van der Waals surface area contributed by atoms with E-state index in [9.17, 15) is 0 Å². The summed E-state index contributed by atoms with van der Waals surface area (Å²) in [5, 5.41) is 8.39. The summed E-state index contributed by atoms with van der Waals surface area (Å²) in [5.74, 6) is 1.72. The first kappa shape index (κ1) is 44.7. The summed E-state index contributed by atoms with van der Waals surface area (Å²) in [5.41, 5.74) is 12.1. The quantitative estimate of drug-likeness (QED) is 0.0864. The Bertz CT molecular complexity index is 3510. The fourth-order valence-electron chi connectivity index (χ4n) is 9.43. The van der Waals surface area contributed by atoms with Crippen molar-refractivity contribution < 1.29 is 24.5 Å². The molecule has 0 spiro atoms. The van der Waals surface area contributed by atoms with Gasteiger partial charge in [0.15, 0.2) is 0 Å². The van der Waals surface area contributed by atoms with Crippen LogP contribution in [-0.4, -0.2) is 27.6 Å². The van der Waals surface area contributed by atoms with E-state index in [-0.39, 0.29) is 26.0 Å². The number of pyridine rings is 2. The average Bonchev–Trinajstić information content (AvgIpc) is 3.90. The van der Waals surface area contributed by atoms with Gasteiger partial charge in [0.05, 0.1) is 41.9 Å². The summed E-state index contributed by atoms with van der Waals surface area (Å²) in [6.45, 7) is 16.3. The Morgan fingerprint density at radius 2 is 1.30 bits per heavy atom. The molecule has 0 atom stereocenters. The molecule has 7 aromatic carbocycles. The molecule has 0 fully saturated rings. The number of fused-ring (bicyclic) bond motifs is 7. The molecule has 1 radical (unpaired) electrons. The van der Waals surface area contributed by atoms with Crippen LogP contribution in [-0.2, 0) is 26.5 Å². The summed E-state index contributed by atoms with van der Waals surface area (Å²) in [6.07, 6.45) is 3.24. The van der Waals surface area contributed by atoms with Gasteiger partial charge < -0.3 is 14.0 Å². The number of imidazole rings is 1. The molecule has 329 valence electrons. The van der Waals surface area contributed by atoms with Crippen LogP contribution in [0.3, 0.4) is 0 Å². The molecular formula is C59H52IrN4OSi-2. The van der Waals surface area contributed by atoms with E-state index in [1.807, 2.05) is 48.5 Å². The largest absolute Gasteiger partial charge is 0.486 e. The Kier molecular flexibility index (Phi) is 12.5. The van der Waals surface area contributed by atoms with Gasteiger partial charge in [0, 0.05) is 42.6 Å². The van der Waals surface area contributed by atoms with Crippen molar-refractivity contribution in [2.75, 3.05) is 0 Å². The predicted octanol–water partition coefficient (Wildman–Crippen LogP) is 15.2. The second-order valence-corrected chi connectivity index (χ2v) is 23.8. The fourth-order valence-corrected chi connectivity index (χ4v) is 11.0. The standard InChI is InChI=1S/C41H28N3O.C18H24NSi.Ir/c1-25(2)37-29-17-8-6-15-27(29)28-16-7-9-18-30(28)38(37)44-36-22-11-10-21-35(36)42-40(44)33-20-12-19-31-32-23-24-34(26-13-4-3-5-14-26)43-41(32)45-39(31)33;1-14(2)11-16-12-17(15-9-7-6-8-10-15)19-13-18(16)20(3,4)5;/h3-19,21-25H,1-2H3;6-9,12-14H,11H2,1-5H3;/q2*-1;. The van der Waals surface area contributed by atoms with Crippen LogP contribution in [0.15, 0.2) is 168 Å². The third kappa shape index (κ3) is 8.32. The molecule has 0 amide bonds. The SMILES string of the molecule is CC(C)Cc1cc(-c2[c-]cccc2)ncc1[Si](C)(C)C.CC(C)c1c(-n2c(-c3[c-]ccc4c3oc3nc(-c5ccccc5)ccc34)nc3ccccc32)c2ccccc2c2ccccc12.[Ir]. The molecule has 66 heavy (non-hydrogen) atoms.